The second kappa shape index (κ2) is 5.33. The summed E-state index contributed by atoms with van der Waals surface area (Å²) in [6.45, 7) is 9.88. The summed E-state index contributed by atoms with van der Waals surface area (Å²) in [4.78, 5) is 11.2. The largest absolute Gasteiger partial charge is 0.338 e. The number of amides is 1. The predicted molar refractivity (Wildman–Crippen MR) is 79.5 cm³/mol. The van der Waals surface area contributed by atoms with E-state index in [1.807, 2.05) is 12.1 Å². The zero-order valence-electron chi connectivity index (χ0n) is 11.9. The van der Waals surface area contributed by atoms with Gasteiger partial charge >= 0.3 is 0 Å². The molecule has 1 N–H and O–H groups in total. The zero-order chi connectivity index (χ0) is 14.8. The fourth-order valence-corrected chi connectivity index (χ4v) is 1.78. The molecule has 0 atom stereocenters. The minimum Gasteiger partial charge on any atom is -0.338 e. The van der Waals surface area contributed by atoms with Crippen LogP contribution in [0.4, 0.5) is 5.88 Å². The molecule has 2 aromatic rings. The highest BCUT2D eigenvalue weighted by Gasteiger charge is 2.14. The number of aromatic nitrogens is 1. The van der Waals surface area contributed by atoms with E-state index in [4.69, 9.17) is 4.52 Å². The summed E-state index contributed by atoms with van der Waals surface area (Å²) in [5.41, 5.74) is 3.00. The third kappa shape index (κ3) is 3.15. The molecule has 0 saturated carbocycles. The van der Waals surface area contributed by atoms with Crippen molar-refractivity contribution in [3.8, 4) is 11.3 Å². The molecule has 0 unspecified atom stereocenters. The Kier molecular flexibility index (Phi) is 3.74. The molecule has 20 heavy (non-hydrogen) atoms. The van der Waals surface area contributed by atoms with Gasteiger partial charge in [-0.05, 0) is 17.1 Å². The first-order valence-corrected chi connectivity index (χ1v) is 6.41. The number of nitrogens with one attached hydrogen (secondary N) is 1. The van der Waals surface area contributed by atoms with Crippen molar-refractivity contribution in [2.75, 3.05) is 5.32 Å². The van der Waals surface area contributed by atoms with Gasteiger partial charge < -0.3 is 4.52 Å². The number of carbonyl (C=O) groups is 1. The van der Waals surface area contributed by atoms with E-state index in [-0.39, 0.29) is 11.3 Å². The van der Waals surface area contributed by atoms with E-state index in [0.29, 0.717) is 11.6 Å². The zero-order valence-corrected chi connectivity index (χ0v) is 11.9. The van der Waals surface area contributed by atoms with Gasteiger partial charge in [0.1, 0.15) is 5.69 Å². The van der Waals surface area contributed by atoms with E-state index >= 15 is 0 Å². The average Bonchev–Trinajstić information content (AvgIpc) is 2.86. The molecule has 1 aromatic carbocycles. The summed E-state index contributed by atoms with van der Waals surface area (Å²) in [6.07, 6.45) is 1.18. The van der Waals surface area contributed by atoms with Crippen LogP contribution in [-0.2, 0) is 10.2 Å². The number of benzene rings is 1. The summed E-state index contributed by atoms with van der Waals surface area (Å²) in [5, 5.41) is 6.47. The van der Waals surface area contributed by atoms with Gasteiger partial charge in [0.2, 0.25) is 11.8 Å². The first-order chi connectivity index (χ1) is 9.40. The van der Waals surface area contributed by atoms with Crippen molar-refractivity contribution >= 4 is 11.8 Å². The third-order valence-electron chi connectivity index (χ3n) is 2.99. The van der Waals surface area contributed by atoms with E-state index in [1.54, 1.807) is 6.07 Å². The molecule has 4 nitrogen and oxygen atoms in total. The number of hydrogen-bond donors (Lipinski definition) is 1. The van der Waals surface area contributed by atoms with Gasteiger partial charge in [-0.25, -0.2) is 0 Å². The fraction of sp³-hybridized carbons (Fsp3) is 0.250. The Hall–Kier alpha value is -2.36. The lowest BCUT2D eigenvalue weighted by molar-refractivity contribution is -0.112. The molecular formula is C16H18N2O2. The Bertz CT molecular complexity index is 619. The summed E-state index contributed by atoms with van der Waals surface area (Å²) in [5.74, 6) is -0.0134. The van der Waals surface area contributed by atoms with Crippen LogP contribution in [0.3, 0.4) is 0 Å². The summed E-state index contributed by atoms with van der Waals surface area (Å²) in [6, 6.07) is 9.83. The molecule has 0 fully saturated rings. The molecule has 0 aliphatic heterocycles. The van der Waals surface area contributed by atoms with E-state index in [0.717, 1.165) is 5.56 Å². The molecule has 4 heteroatoms. The number of carbonyl (C=O) groups excluding carboxylic acids is 1. The first kappa shape index (κ1) is 14.1. The van der Waals surface area contributed by atoms with Crippen molar-refractivity contribution in [2.45, 2.75) is 26.2 Å². The van der Waals surface area contributed by atoms with Gasteiger partial charge in [0, 0.05) is 11.6 Å². The van der Waals surface area contributed by atoms with Gasteiger partial charge in [0.05, 0.1) is 0 Å². The molecule has 1 aromatic heterocycles. The summed E-state index contributed by atoms with van der Waals surface area (Å²) >= 11 is 0. The Morgan fingerprint density at radius 3 is 2.50 bits per heavy atom. The summed E-state index contributed by atoms with van der Waals surface area (Å²) in [7, 11) is 0. The van der Waals surface area contributed by atoms with Gasteiger partial charge in [-0.1, -0.05) is 56.8 Å². The van der Waals surface area contributed by atoms with Crippen LogP contribution in [0.5, 0.6) is 0 Å². The van der Waals surface area contributed by atoms with Crippen LogP contribution in [0.15, 0.2) is 47.5 Å². The second-order valence-electron chi connectivity index (χ2n) is 5.60. The van der Waals surface area contributed by atoms with E-state index in [9.17, 15) is 4.79 Å². The van der Waals surface area contributed by atoms with Crippen LogP contribution >= 0.6 is 0 Å². The SMILES string of the molecule is C=CC(=O)Nc1cc(-c2ccc(C(C)(C)C)cc2)no1. The third-order valence-corrected chi connectivity index (χ3v) is 2.99. The fourth-order valence-electron chi connectivity index (χ4n) is 1.78. The molecule has 1 heterocycles. The predicted octanol–water partition coefficient (Wildman–Crippen LogP) is 3.76. The summed E-state index contributed by atoms with van der Waals surface area (Å²) < 4.78 is 5.06. The highest BCUT2D eigenvalue weighted by atomic mass is 16.5. The van der Waals surface area contributed by atoms with Gasteiger partial charge in [0.25, 0.3) is 0 Å². The number of anilines is 1. The van der Waals surface area contributed by atoms with Crippen LogP contribution in [0.2, 0.25) is 0 Å². The average molecular weight is 270 g/mol. The van der Waals surface area contributed by atoms with E-state index in [1.165, 1.54) is 11.6 Å². The Labute approximate surface area is 118 Å². The molecule has 0 aliphatic rings. The Morgan fingerprint density at radius 2 is 1.95 bits per heavy atom. The number of rotatable bonds is 3. The van der Waals surface area contributed by atoms with Crippen LogP contribution in [0.1, 0.15) is 26.3 Å². The van der Waals surface area contributed by atoms with Gasteiger partial charge in [0.15, 0.2) is 0 Å². The molecule has 1 amide bonds. The lowest BCUT2D eigenvalue weighted by Crippen LogP contribution is -2.10. The Balaban J connectivity index is 2.20. The van der Waals surface area contributed by atoms with E-state index < -0.39 is 0 Å². The van der Waals surface area contributed by atoms with Crippen molar-refractivity contribution < 1.29 is 9.32 Å². The minimum atomic E-state index is -0.323. The molecule has 0 radical (unpaired) electrons. The second-order valence-corrected chi connectivity index (χ2v) is 5.60. The van der Waals surface area contributed by atoms with Gasteiger partial charge in [-0.2, -0.15) is 0 Å². The van der Waals surface area contributed by atoms with Crippen molar-refractivity contribution in [1.29, 1.82) is 0 Å². The van der Waals surface area contributed by atoms with Crippen molar-refractivity contribution in [1.82, 2.24) is 5.16 Å². The highest BCUT2D eigenvalue weighted by Crippen LogP contribution is 2.26. The smallest absolute Gasteiger partial charge is 0.250 e. The van der Waals surface area contributed by atoms with Crippen LogP contribution in [-0.4, -0.2) is 11.1 Å². The first-order valence-electron chi connectivity index (χ1n) is 6.41. The molecule has 0 bridgehead atoms. The van der Waals surface area contributed by atoms with E-state index in [2.05, 4.69) is 50.0 Å². The van der Waals surface area contributed by atoms with Gasteiger partial charge in [-0.15, -0.1) is 0 Å². The lowest BCUT2D eigenvalue weighted by atomic mass is 9.86. The number of nitrogens with zero attached hydrogens (tertiary/aromatic N) is 1. The van der Waals surface area contributed by atoms with Crippen molar-refractivity contribution in [3.63, 3.8) is 0 Å². The maximum absolute atomic E-state index is 11.2. The van der Waals surface area contributed by atoms with Crippen LogP contribution in [0, 0.1) is 0 Å². The standard InChI is InChI=1S/C16H18N2O2/c1-5-14(19)17-15-10-13(18-20-15)11-6-8-12(9-7-11)16(2,3)4/h5-10H,1H2,2-4H3,(H,17,19). The molecule has 0 saturated heterocycles. The number of hydrogen-bond acceptors (Lipinski definition) is 3. The molecule has 104 valence electrons. The minimum absolute atomic E-state index is 0.117. The maximum Gasteiger partial charge on any atom is 0.250 e. The van der Waals surface area contributed by atoms with Gasteiger partial charge in [-0.3, -0.25) is 10.1 Å². The molecule has 2 rings (SSSR count). The Morgan fingerprint density at radius 1 is 1.30 bits per heavy atom. The topological polar surface area (TPSA) is 55.1 Å². The lowest BCUT2D eigenvalue weighted by Gasteiger charge is -2.18. The maximum atomic E-state index is 11.2. The normalized spacial score (nSPS) is 11.2. The van der Waals surface area contributed by atoms with Crippen molar-refractivity contribution in [3.05, 3.63) is 48.6 Å². The molecule has 0 spiro atoms. The van der Waals surface area contributed by atoms with Crippen LogP contribution < -0.4 is 5.32 Å². The van der Waals surface area contributed by atoms with Crippen molar-refractivity contribution in [2.24, 2.45) is 0 Å². The highest BCUT2D eigenvalue weighted by molar-refractivity contribution is 5.98. The monoisotopic (exact) mass is 270 g/mol. The molecule has 0 aliphatic carbocycles. The van der Waals surface area contributed by atoms with Crippen LogP contribution in [0.25, 0.3) is 11.3 Å². The molecular weight excluding hydrogens is 252 g/mol. The quantitative estimate of drug-likeness (QED) is 0.864.